The molecule has 0 aliphatic carbocycles. The molecule has 14 heavy (non-hydrogen) atoms. The maximum Gasteiger partial charge on any atom is 0.225 e. The predicted octanol–water partition coefficient (Wildman–Crippen LogP) is 0.163. The third-order valence-electron chi connectivity index (χ3n) is 1.79. The van der Waals surface area contributed by atoms with Gasteiger partial charge in [0.05, 0.1) is 12.7 Å². The van der Waals surface area contributed by atoms with Crippen LogP contribution in [0.2, 0.25) is 0 Å². The molecule has 2 rings (SSSR count). The summed E-state index contributed by atoms with van der Waals surface area (Å²) in [7, 11) is 1.70. The molecule has 0 aliphatic heterocycles. The highest BCUT2D eigenvalue weighted by molar-refractivity contribution is 5.66. The van der Waals surface area contributed by atoms with E-state index in [9.17, 15) is 0 Å². The molecule has 0 aromatic carbocycles. The Balaban J connectivity index is 2.55. The van der Waals surface area contributed by atoms with E-state index in [1.165, 1.54) is 4.80 Å². The van der Waals surface area contributed by atoms with Crippen molar-refractivity contribution in [2.24, 2.45) is 7.05 Å². The first kappa shape index (κ1) is 8.61. The highest BCUT2D eigenvalue weighted by Crippen LogP contribution is 2.18. The summed E-state index contributed by atoms with van der Waals surface area (Å²) in [5.41, 5.74) is 7.77. The second kappa shape index (κ2) is 3.06. The van der Waals surface area contributed by atoms with E-state index < -0.39 is 0 Å². The molecule has 0 atom stereocenters. The molecule has 0 saturated heterocycles. The fourth-order valence-electron chi connectivity index (χ4n) is 1.13. The van der Waals surface area contributed by atoms with Gasteiger partial charge in [0.25, 0.3) is 0 Å². The first-order chi connectivity index (χ1) is 6.66. The van der Waals surface area contributed by atoms with Gasteiger partial charge in [0, 0.05) is 5.69 Å². The zero-order valence-corrected chi connectivity index (χ0v) is 7.97. The van der Waals surface area contributed by atoms with Crippen molar-refractivity contribution >= 4 is 5.69 Å². The fourth-order valence-corrected chi connectivity index (χ4v) is 1.13. The lowest BCUT2D eigenvalue weighted by Crippen LogP contribution is -1.97. The van der Waals surface area contributed by atoms with E-state index in [0.717, 1.165) is 5.69 Å². The minimum atomic E-state index is 0.453. The smallest absolute Gasteiger partial charge is 0.225 e. The van der Waals surface area contributed by atoms with E-state index in [2.05, 4.69) is 20.4 Å². The topological polar surface area (TPSA) is 82.5 Å². The number of hydrogen-bond donors (Lipinski definition) is 1. The van der Waals surface area contributed by atoms with Crippen molar-refractivity contribution in [3.63, 3.8) is 0 Å². The van der Waals surface area contributed by atoms with Gasteiger partial charge >= 0.3 is 0 Å². The summed E-state index contributed by atoms with van der Waals surface area (Å²) in [5, 5.41) is 11.6. The monoisotopic (exact) mass is 190 g/mol. The Bertz CT molecular complexity index is 461. The van der Waals surface area contributed by atoms with Gasteiger partial charge in [-0.1, -0.05) is 0 Å². The van der Waals surface area contributed by atoms with Crippen LogP contribution in [-0.4, -0.2) is 25.2 Å². The third-order valence-corrected chi connectivity index (χ3v) is 1.79. The number of aryl methyl sites for hydroxylation is 2. The zero-order chi connectivity index (χ0) is 10.1. The molecule has 6 heteroatoms. The van der Waals surface area contributed by atoms with Crippen molar-refractivity contribution in [3.05, 3.63) is 17.8 Å². The number of pyridine rings is 1. The molecule has 2 aromatic rings. The standard InChI is InChI=1S/C8H10N6/c1-5-3-4-6(9)7(10-5)8-11-13-14(2)12-8/h3-4H,9H2,1-2H3. The highest BCUT2D eigenvalue weighted by Gasteiger charge is 2.09. The van der Waals surface area contributed by atoms with Gasteiger partial charge in [0.2, 0.25) is 5.82 Å². The number of rotatable bonds is 1. The van der Waals surface area contributed by atoms with Crippen LogP contribution in [0.5, 0.6) is 0 Å². The van der Waals surface area contributed by atoms with Gasteiger partial charge in [-0.15, -0.1) is 10.2 Å². The van der Waals surface area contributed by atoms with Crippen LogP contribution < -0.4 is 5.73 Å². The van der Waals surface area contributed by atoms with Gasteiger partial charge in [-0.2, -0.15) is 4.80 Å². The molecule has 0 amide bonds. The van der Waals surface area contributed by atoms with Crippen LogP contribution in [0.25, 0.3) is 11.5 Å². The summed E-state index contributed by atoms with van der Waals surface area (Å²) < 4.78 is 0. The maximum atomic E-state index is 5.75. The van der Waals surface area contributed by atoms with Gasteiger partial charge in [0.15, 0.2) is 0 Å². The number of tetrazole rings is 1. The number of aromatic nitrogens is 5. The quantitative estimate of drug-likeness (QED) is 0.692. The largest absolute Gasteiger partial charge is 0.397 e. The normalized spacial score (nSPS) is 10.4. The van der Waals surface area contributed by atoms with Crippen LogP contribution in [0.1, 0.15) is 5.69 Å². The van der Waals surface area contributed by atoms with Gasteiger partial charge in [-0.3, -0.25) is 0 Å². The van der Waals surface area contributed by atoms with Crippen LogP contribution in [-0.2, 0) is 7.05 Å². The molecule has 2 heterocycles. The Kier molecular flexibility index (Phi) is 1.88. The number of nitrogens with two attached hydrogens (primary N) is 1. The summed E-state index contributed by atoms with van der Waals surface area (Å²) in [6, 6.07) is 3.63. The van der Waals surface area contributed by atoms with Gasteiger partial charge in [0.1, 0.15) is 5.69 Å². The fraction of sp³-hybridized carbons (Fsp3) is 0.250. The molecule has 2 N–H and O–H groups in total. The Morgan fingerprint density at radius 3 is 2.79 bits per heavy atom. The maximum absolute atomic E-state index is 5.75. The number of anilines is 1. The highest BCUT2D eigenvalue weighted by atomic mass is 15.6. The third kappa shape index (κ3) is 1.41. The molecule has 0 bridgehead atoms. The molecule has 0 aliphatic rings. The van der Waals surface area contributed by atoms with E-state index in [0.29, 0.717) is 17.2 Å². The van der Waals surface area contributed by atoms with Crippen LogP contribution in [0.15, 0.2) is 12.1 Å². The average Bonchev–Trinajstić information content (AvgIpc) is 2.56. The molecule has 0 radical (unpaired) electrons. The first-order valence-electron chi connectivity index (χ1n) is 4.14. The molecule has 0 saturated carbocycles. The first-order valence-corrected chi connectivity index (χ1v) is 4.14. The number of nitrogen functional groups attached to an aromatic ring is 1. The second-order valence-electron chi connectivity index (χ2n) is 2.99. The lowest BCUT2D eigenvalue weighted by atomic mass is 10.2. The van der Waals surface area contributed by atoms with E-state index in [4.69, 9.17) is 5.73 Å². The van der Waals surface area contributed by atoms with Crippen molar-refractivity contribution in [2.75, 3.05) is 5.73 Å². The van der Waals surface area contributed by atoms with Crippen molar-refractivity contribution < 1.29 is 0 Å². The second-order valence-corrected chi connectivity index (χ2v) is 2.99. The van der Waals surface area contributed by atoms with Crippen molar-refractivity contribution in [1.29, 1.82) is 0 Å². The minimum Gasteiger partial charge on any atom is -0.397 e. The predicted molar refractivity (Wildman–Crippen MR) is 51.2 cm³/mol. The Morgan fingerprint density at radius 2 is 2.14 bits per heavy atom. The summed E-state index contributed by atoms with van der Waals surface area (Å²) >= 11 is 0. The van der Waals surface area contributed by atoms with Gasteiger partial charge < -0.3 is 5.73 Å². The minimum absolute atomic E-state index is 0.453. The van der Waals surface area contributed by atoms with Crippen LogP contribution in [0.4, 0.5) is 5.69 Å². The van der Waals surface area contributed by atoms with E-state index in [1.807, 2.05) is 13.0 Å². The molecular weight excluding hydrogens is 180 g/mol. The van der Waals surface area contributed by atoms with E-state index >= 15 is 0 Å². The number of hydrogen-bond acceptors (Lipinski definition) is 5. The Morgan fingerprint density at radius 1 is 1.36 bits per heavy atom. The average molecular weight is 190 g/mol. The Hall–Kier alpha value is -1.98. The van der Waals surface area contributed by atoms with Crippen molar-refractivity contribution in [1.82, 2.24) is 25.2 Å². The van der Waals surface area contributed by atoms with Crippen LogP contribution in [0, 0.1) is 6.92 Å². The van der Waals surface area contributed by atoms with E-state index in [-0.39, 0.29) is 0 Å². The molecule has 6 nitrogen and oxygen atoms in total. The zero-order valence-electron chi connectivity index (χ0n) is 7.97. The van der Waals surface area contributed by atoms with Crippen molar-refractivity contribution in [2.45, 2.75) is 6.92 Å². The summed E-state index contributed by atoms with van der Waals surface area (Å²) in [4.78, 5) is 5.63. The lowest BCUT2D eigenvalue weighted by molar-refractivity contribution is 0.630. The molecule has 0 fully saturated rings. The summed E-state index contributed by atoms with van der Waals surface area (Å²) in [5.74, 6) is 0.453. The molecule has 0 spiro atoms. The van der Waals surface area contributed by atoms with E-state index in [1.54, 1.807) is 13.1 Å². The molecular formula is C8H10N6. The van der Waals surface area contributed by atoms with Crippen LogP contribution >= 0.6 is 0 Å². The van der Waals surface area contributed by atoms with Gasteiger partial charge in [-0.05, 0) is 24.3 Å². The lowest BCUT2D eigenvalue weighted by Gasteiger charge is -2.00. The van der Waals surface area contributed by atoms with Crippen LogP contribution in [0.3, 0.4) is 0 Å². The molecule has 2 aromatic heterocycles. The number of nitrogens with zero attached hydrogens (tertiary/aromatic N) is 5. The Labute approximate surface area is 80.8 Å². The SMILES string of the molecule is Cc1ccc(N)c(-c2nnn(C)n2)n1. The van der Waals surface area contributed by atoms with Gasteiger partial charge in [-0.25, -0.2) is 4.98 Å². The summed E-state index contributed by atoms with van der Waals surface area (Å²) in [6.45, 7) is 1.89. The molecule has 72 valence electrons. The molecule has 0 unspecified atom stereocenters. The summed E-state index contributed by atoms with van der Waals surface area (Å²) in [6.07, 6.45) is 0. The van der Waals surface area contributed by atoms with Crippen molar-refractivity contribution in [3.8, 4) is 11.5 Å².